The first kappa shape index (κ1) is 33.7. The van der Waals surface area contributed by atoms with E-state index in [0.717, 1.165) is 21.9 Å². The lowest BCUT2D eigenvalue weighted by Gasteiger charge is -2.34. The molecule has 0 saturated heterocycles. The van der Waals surface area contributed by atoms with Crippen LogP contribution in [0.4, 0.5) is 5.69 Å². The normalized spacial score (nSPS) is 12.6. The van der Waals surface area contributed by atoms with Gasteiger partial charge in [-0.25, -0.2) is 8.42 Å². The van der Waals surface area contributed by atoms with Gasteiger partial charge in [-0.05, 0) is 66.8 Å². The number of hydrogen-bond donors (Lipinski definition) is 1. The Bertz CT molecular complexity index is 1670. The van der Waals surface area contributed by atoms with Crippen LogP contribution in [0.25, 0.3) is 0 Å². The Kier molecular flexibility index (Phi) is 11.8. The van der Waals surface area contributed by atoms with Crippen LogP contribution in [0.5, 0.6) is 0 Å². The van der Waals surface area contributed by atoms with Gasteiger partial charge in [0.25, 0.3) is 10.0 Å². The molecule has 9 heteroatoms. The molecule has 0 unspecified atom stereocenters. The third-order valence-electron chi connectivity index (χ3n) is 7.81. The summed E-state index contributed by atoms with van der Waals surface area (Å²) in [5.41, 5.74) is 2.90. The highest BCUT2D eigenvalue weighted by atomic mass is 35.5. The molecule has 236 valence electrons. The number of benzene rings is 4. The van der Waals surface area contributed by atoms with Crippen LogP contribution in [0.15, 0.2) is 114 Å². The van der Waals surface area contributed by atoms with Crippen LogP contribution in [0.1, 0.15) is 43.9 Å². The highest BCUT2D eigenvalue weighted by Crippen LogP contribution is 2.26. The number of halogens is 1. The van der Waals surface area contributed by atoms with Gasteiger partial charge in [0.15, 0.2) is 0 Å². The maximum Gasteiger partial charge on any atom is 0.264 e. The molecule has 0 aliphatic rings. The van der Waals surface area contributed by atoms with Crippen molar-refractivity contribution in [1.29, 1.82) is 0 Å². The second kappa shape index (κ2) is 15.7. The molecule has 0 heterocycles. The molecule has 0 fully saturated rings. The van der Waals surface area contributed by atoms with Crippen molar-refractivity contribution in [3.8, 4) is 0 Å². The fourth-order valence-corrected chi connectivity index (χ4v) is 6.58. The lowest BCUT2D eigenvalue weighted by atomic mass is 10.0. The van der Waals surface area contributed by atoms with Crippen LogP contribution in [-0.2, 0) is 39.0 Å². The number of amides is 2. The second-order valence-electron chi connectivity index (χ2n) is 11.0. The Morgan fingerprint density at radius 3 is 2.00 bits per heavy atom. The van der Waals surface area contributed by atoms with Gasteiger partial charge in [0.05, 0.1) is 10.6 Å². The van der Waals surface area contributed by atoms with Gasteiger partial charge in [-0.1, -0.05) is 104 Å². The van der Waals surface area contributed by atoms with Crippen molar-refractivity contribution in [2.75, 3.05) is 10.8 Å². The zero-order valence-corrected chi connectivity index (χ0v) is 27.5. The van der Waals surface area contributed by atoms with Crippen molar-refractivity contribution in [1.82, 2.24) is 10.2 Å². The summed E-state index contributed by atoms with van der Waals surface area (Å²) in [6.07, 6.45) is 1.72. The van der Waals surface area contributed by atoms with Crippen molar-refractivity contribution in [3.05, 3.63) is 131 Å². The lowest BCUT2D eigenvalue weighted by molar-refractivity contribution is -0.140. The van der Waals surface area contributed by atoms with Gasteiger partial charge in [0.2, 0.25) is 11.8 Å². The molecule has 0 saturated carbocycles. The quantitative estimate of drug-likeness (QED) is 0.166. The van der Waals surface area contributed by atoms with Crippen LogP contribution >= 0.6 is 11.6 Å². The molecule has 0 aliphatic carbocycles. The third-order valence-corrected chi connectivity index (χ3v) is 9.97. The Morgan fingerprint density at radius 1 is 0.800 bits per heavy atom. The summed E-state index contributed by atoms with van der Waals surface area (Å²) < 4.78 is 29.3. The predicted octanol–water partition coefficient (Wildman–Crippen LogP) is 6.65. The van der Waals surface area contributed by atoms with E-state index in [1.54, 1.807) is 48.5 Å². The summed E-state index contributed by atoms with van der Waals surface area (Å²) in [7, 11) is -4.15. The SMILES string of the molecule is CCc1ccc(N(CC(=O)N(Cc2ccccc2Cl)[C@@H](Cc2ccccc2)C(=O)N[C@@H](C)CC)S(=O)(=O)c2ccccc2)cc1. The molecule has 0 spiro atoms. The Labute approximate surface area is 271 Å². The van der Waals surface area contributed by atoms with E-state index in [9.17, 15) is 18.0 Å². The minimum atomic E-state index is -4.15. The molecule has 1 N–H and O–H groups in total. The monoisotopic (exact) mass is 645 g/mol. The van der Waals surface area contributed by atoms with E-state index in [2.05, 4.69) is 5.32 Å². The highest BCUT2D eigenvalue weighted by molar-refractivity contribution is 7.92. The van der Waals surface area contributed by atoms with Gasteiger partial charge in [-0.2, -0.15) is 0 Å². The molecule has 0 aliphatic heterocycles. The van der Waals surface area contributed by atoms with E-state index in [0.29, 0.717) is 22.7 Å². The maximum atomic E-state index is 14.5. The smallest absolute Gasteiger partial charge is 0.264 e. The van der Waals surface area contributed by atoms with Crippen molar-refractivity contribution in [3.63, 3.8) is 0 Å². The molecular formula is C36H40ClN3O4S. The first-order chi connectivity index (χ1) is 21.6. The molecule has 4 aromatic rings. The largest absolute Gasteiger partial charge is 0.352 e. The van der Waals surface area contributed by atoms with E-state index in [1.165, 1.54) is 17.0 Å². The number of nitrogens with zero attached hydrogens (tertiary/aromatic N) is 2. The van der Waals surface area contributed by atoms with Crippen LogP contribution in [0.2, 0.25) is 5.02 Å². The van der Waals surface area contributed by atoms with Crippen molar-refractivity contribution in [2.45, 2.75) is 63.6 Å². The van der Waals surface area contributed by atoms with E-state index < -0.39 is 28.5 Å². The summed E-state index contributed by atoms with van der Waals surface area (Å²) in [4.78, 5) is 30.0. The zero-order chi connectivity index (χ0) is 32.4. The summed E-state index contributed by atoms with van der Waals surface area (Å²) in [5.74, 6) is -0.854. The number of hydrogen-bond acceptors (Lipinski definition) is 4. The Balaban J connectivity index is 1.81. The van der Waals surface area contributed by atoms with Crippen LogP contribution in [0, 0.1) is 0 Å². The van der Waals surface area contributed by atoms with Crippen LogP contribution in [-0.4, -0.2) is 43.8 Å². The highest BCUT2D eigenvalue weighted by Gasteiger charge is 2.35. The first-order valence-corrected chi connectivity index (χ1v) is 17.0. The van der Waals surface area contributed by atoms with Gasteiger partial charge in [0, 0.05) is 24.0 Å². The molecule has 7 nitrogen and oxygen atoms in total. The first-order valence-electron chi connectivity index (χ1n) is 15.2. The molecule has 4 aromatic carbocycles. The average molecular weight is 646 g/mol. The number of rotatable bonds is 14. The minimum Gasteiger partial charge on any atom is -0.352 e. The fraction of sp³-hybridized carbons (Fsp3) is 0.278. The molecule has 0 radical (unpaired) electrons. The van der Waals surface area contributed by atoms with Crippen LogP contribution < -0.4 is 9.62 Å². The molecule has 0 bridgehead atoms. The van der Waals surface area contributed by atoms with Gasteiger partial charge < -0.3 is 10.2 Å². The maximum absolute atomic E-state index is 14.5. The third kappa shape index (κ3) is 8.74. The average Bonchev–Trinajstić information content (AvgIpc) is 3.06. The number of carbonyl (C=O) groups excluding carboxylic acids is 2. The molecule has 2 atom stereocenters. The van der Waals surface area contributed by atoms with E-state index >= 15 is 0 Å². The number of sulfonamides is 1. The Morgan fingerprint density at radius 2 is 1.40 bits per heavy atom. The summed E-state index contributed by atoms with van der Waals surface area (Å²) in [5, 5.41) is 3.49. The fourth-order valence-electron chi connectivity index (χ4n) is 4.95. The van der Waals surface area contributed by atoms with E-state index in [4.69, 9.17) is 11.6 Å². The van der Waals surface area contributed by atoms with Gasteiger partial charge in [-0.15, -0.1) is 0 Å². The lowest BCUT2D eigenvalue weighted by Crippen LogP contribution is -2.54. The molecular weight excluding hydrogens is 606 g/mol. The number of nitrogens with one attached hydrogen (secondary N) is 1. The summed E-state index contributed by atoms with van der Waals surface area (Å²) in [6, 6.07) is 30.7. The van der Waals surface area contributed by atoms with Crippen molar-refractivity contribution in [2.24, 2.45) is 0 Å². The topological polar surface area (TPSA) is 86.8 Å². The predicted molar refractivity (Wildman–Crippen MR) is 181 cm³/mol. The second-order valence-corrected chi connectivity index (χ2v) is 13.3. The Hall–Kier alpha value is -4.14. The van der Waals surface area contributed by atoms with Gasteiger partial charge in [0.1, 0.15) is 12.6 Å². The van der Waals surface area contributed by atoms with Crippen LogP contribution in [0.3, 0.4) is 0 Å². The van der Waals surface area contributed by atoms with Gasteiger partial charge >= 0.3 is 0 Å². The van der Waals surface area contributed by atoms with Gasteiger partial charge in [-0.3, -0.25) is 13.9 Å². The summed E-state index contributed by atoms with van der Waals surface area (Å²) >= 11 is 6.56. The number of carbonyl (C=O) groups is 2. The molecule has 4 rings (SSSR count). The van der Waals surface area contributed by atoms with E-state index in [-0.39, 0.29) is 29.8 Å². The molecule has 0 aromatic heterocycles. The van der Waals surface area contributed by atoms with Crippen molar-refractivity contribution >= 4 is 39.1 Å². The molecule has 2 amide bonds. The standard InChI is InChI=1S/C36H40ClN3O4S/c1-4-27(3)38-36(42)34(24-29-14-8-6-9-15-29)39(25-30-16-12-13-19-33(30)37)35(41)26-40(31-22-20-28(5-2)21-23-31)45(43,44)32-17-10-7-11-18-32/h6-23,27,34H,4-5,24-26H2,1-3H3,(H,38,42)/t27-,34-/m0/s1. The minimum absolute atomic E-state index is 0.0118. The number of aryl methyl sites for hydroxylation is 1. The van der Waals surface area contributed by atoms with Crippen molar-refractivity contribution < 1.29 is 18.0 Å². The zero-order valence-electron chi connectivity index (χ0n) is 25.9. The van der Waals surface area contributed by atoms with E-state index in [1.807, 2.05) is 69.3 Å². The summed E-state index contributed by atoms with van der Waals surface area (Å²) in [6.45, 7) is 5.39. The molecule has 45 heavy (non-hydrogen) atoms. The number of anilines is 1.